The lowest BCUT2D eigenvalue weighted by atomic mass is 9.96. The number of amides is 1. The highest BCUT2D eigenvalue weighted by molar-refractivity contribution is 7.89. The quantitative estimate of drug-likeness (QED) is 0.792. The number of rotatable bonds is 6. The molecule has 1 amide bonds. The Bertz CT molecular complexity index is 915. The van der Waals surface area contributed by atoms with Gasteiger partial charge in [-0.2, -0.15) is 0 Å². The van der Waals surface area contributed by atoms with Crippen molar-refractivity contribution < 1.29 is 13.2 Å². The number of hydrogen-bond donors (Lipinski definition) is 1. The van der Waals surface area contributed by atoms with Gasteiger partial charge in [-0.3, -0.25) is 4.79 Å². The lowest BCUT2D eigenvalue weighted by Gasteiger charge is -2.21. The van der Waals surface area contributed by atoms with E-state index in [-0.39, 0.29) is 16.8 Å². The van der Waals surface area contributed by atoms with Crippen molar-refractivity contribution in [3.05, 3.63) is 18.2 Å². The van der Waals surface area contributed by atoms with Gasteiger partial charge in [0.1, 0.15) is 5.52 Å². The highest BCUT2D eigenvalue weighted by Gasteiger charge is 2.19. The van der Waals surface area contributed by atoms with Crippen LogP contribution in [0.2, 0.25) is 0 Å². The van der Waals surface area contributed by atoms with Gasteiger partial charge in [0.05, 0.1) is 17.0 Å². The van der Waals surface area contributed by atoms with E-state index in [1.54, 1.807) is 16.8 Å². The van der Waals surface area contributed by atoms with Gasteiger partial charge < -0.3 is 5.32 Å². The van der Waals surface area contributed by atoms with Crippen LogP contribution in [0.5, 0.6) is 0 Å². The minimum absolute atomic E-state index is 0.0287. The smallest absolute Gasteiger partial charge is 0.242 e. The van der Waals surface area contributed by atoms with E-state index in [1.165, 1.54) is 56.6 Å². The Hall–Kier alpha value is -2.00. The van der Waals surface area contributed by atoms with Crippen molar-refractivity contribution in [2.45, 2.75) is 68.8 Å². The normalized spacial score (nSPS) is 16.8. The largest absolute Gasteiger partial charge is 0.353 e. The van der Waals surface area contributed by atoms with E-state index < -0.39 is 10.0 Å². The summed E-state index contributed by atoms with van der Waals surface area (Å²) in [6.07, 6.45) is 8.60. The van der Waals surface area contributed by atoms with Crippen molar-refractivity contribution in [2.24, 2.45) is 0 Å². The molecule has 1 aromatic heterocycles. The fraction of sp³-hybridized carbons (Fsp3) is 0.632. The summed E-state index contributed by atoms with van der Waals surface area (Å²) in [5, 5.41) is 11.3. The van der Waals surface area contributed by atoms with Crippen molar-refractivity contribution in [2.75, 3.05) is 14.1 Å². The zero-order valence-electron chi connectivity index (χ0n) is 16.6. The molecule has 0 bridgehead atoms. The van der Waals surface area contributed by atoms with E-state index in [9.17, 15) is 13.2 Å². The van der Waals surface area contributed by atoms with E-state index in [0.717, 1.165) is 18.4 Å². The molecule has 0 unspecified atom stereocenters. The molecular weight excluding hydrogens is 378 g/mol. The summed E-state index contributed by atoms with van der Waals surface area (Å²) in [5.41, 5.74) is 1.22. The molecule has 1 heterocycles. The molecule has 1 aliphatic carbocycles. The lowest BCUT2D eigenvalue weighted by molar-refractivity contribution is -0.122. The molecule has 1 aliphatic rings. The Kier molecular flexibility index (Phi) is 6.66. The molecule has 1 fully saturated rings. The van der Waals surface area contributed by atoms with Crippen LogP contribution in [-0.2, 0) is 21.4 Å². The molecule has 1 N–H and O–H groups in total. The van der Waals surface area contributed by atoms with Crippen LogP contribution in [0.15, 0.2) is 23.1 Å². The first-order chi connectivity index (χ1) is 13.4. The number of aryl methyl sites for hydroxylation is 1. The summed E-state index contributed by atoms with van der Waals surface area (Å²) < 4.78 is 27.3. The Labute approximate surface area is 166 Å². The second-order valence-electron chi connectivity index (χ2n) is 7.61. The van der Waals surface area contributed by atoms with E-state index >= 15 is 0 Å². The molecule has 154 valence electrons. The summed E-state index contributed by atoms with van der Waals surface area (Å²) in [7, 11) is -0.532. The van der Waals surface area contributed by atoms with Crippen LogP contribution < -0.4 is 5.32 Å². The molecule has 0 aliphatic heterocycles. The van der Waals surface area contributed by atoms with Gasteiger partial charge in [0, 0.05) is 26.6 Å². The van der Waals surface area contributed by atoms with Crippen molar-refractivity contribution in [1.29, 1.82) is 0 Å². The fourth-order valence-corrected chi connectivity index (χ4v) is 4.52. The molecule has 9 heteroatoms. The van der Waals surface area contributed by atoms with Crippen LogP contribution in [0.1, 0.15) is 51.4 Å². The molecule has 1 saturated carbocycles. The van der Waals surface area contributed by atoms with Gasteiger partial charge in [0.25, 0.3) is 0 Å². The summed E-state index contributed by atoms with van der Waals surface area (Å²) in [4.78, 5) is 12.5. The Morgan fingerprint density at radius 2 is 1.86 bits per heavy atom. The zero-order chi connectivity index (χ0) is 20.1. The van der Waals surface area contributed by atoms with Crippen molar-refractivity contribution in [1.82, 2.24) is 24.6 Å². The standard InChI is InChI=1S/C19H29N5O3S/c1-23(2)28(26,27)16-10-11-18-17(14-16)21-22-24(18)13-12-19(25)20-15-8-6-4-3-5-7-9-15/h10-11,14-15H,3-9,12-13H2,1-2H3,(H,20,25). The number of nitrogens with zero attached hydrogens (tertiary/aromatic N) is 4. The lowest BCUT2D eigenvalue weighted by Crippen LogP contribution is -2.35. The van der Waals surface area contributed by atoms with E-state index in [2.05, 4.69) is 15.6 Å². The number of sulfonamides is 1. The van der Waals surface area contributed by atoms with E-state index in [0.29, 0.717) is 18.5 Å². The van der Waals surface area contributed by atoms with Crippen LogP contribution in [0.25, 0.3) is 11.0 Å². The third-order valence-corrected chi connectivity index (χ3v) is 7.10. The predicted molar refractivity (Wildman–Crippen MR) is 107 cm³/mol. The van der Waals surface area contributed by atoms with Crippen molar-refractivity contribution in [3.8, 4) is 0 Å². The van der Waals surface area contributed by atoms with Crippen LogP contribution in [0.4, 0.5) is 0 Å². The SMILES string of the molecule is CN(C)S(=O)(=O)c1ccc2c(c1)nnn2CCC(=O)NC1CCCCCCC1. The van der Waals surface area contributed by atoms with Crippen LogP contribution in [-0.4, -0.2) is 53.8 Å². The second kappa shape index (κ2) is 9.00. The molecule has 2 aromatic rings. The highest BCUT2D eigenvalue weighted by atomic mass is 32.2. The number of nitrogens with one attached hydrogen (secondary N) is 1. The fourth-order valence-electron chi connectivity index (χ4n) is 3.60. The van der Waals surface area contributed by atoms with E-state index in [1.807, 2.05) is 0 Å². The first kappa shape index (κ1) is 20.7. The average molecular weight is 408 g/mol. The third-order valence-electron chi connectivity index (χ3n) is 5.28. The van der Waals surface area contributed by atoms with Gasteiger partial charge in [0.2, 0.25) is 15.9 Å². The molecule has 0 saturated heterocycles. The summed E-state index contributed by atoms with van der Waals surface area (Å²) in [6.45, 7) is 0.412. The molecule has 28 heavy (non-hydrogen) atoms. The minimum Gasteiger partial charge on any atom is -0.353 e. The minimum atomic E-state index is -3.51. The first-order valence-electron chi connectivity index (χ1n) is 9.93. The molecule has 3 rings (SSSR count). The van der Waals surface area contributed by atoms with Crippen LogP contribution in [0.3, 0.4) is 0 Å². The molecule has 1 aromatic carbocycles. The third kappa shape index (κ3) is 4.88. The summed E-state index contributed by atoms with van der Waals surface area (Å²) >= 11 is 0. The summed E-state index contributed by atoms with van der Waals surface area (Å²) in [5.74, 6) is 0.0287. The Morgan fingerprint density at radius 1 is 1.18 bits per heavy atom. The van der Waals surface area contributed by atoms with Gasteiger partial charge in [-0.1, -0.05) is 37.3 Å². The molecule has 0 spiro atoms. The second-order valence-corrected chi connectivity index (χ2v) is 9.76. The van der Waals surface area contributed by atoms with Gasteiger partial charge in [-0.05, 0) is 31.0 Å². The van der Waals surface area contributed by atoms with E-state index in [4.69, 9.17) is 0 Å². The Morgan fingerprint density at radius 3 is 2.54 bits per heavy atom. The number of carbonyl (C=O) groups excluding carboxylic acids is 1. The monoisotopic (exact) mass is 407 g/mol. The number of hydrogen-bond acceptors (Lipinski definition) is 5. The predicted octanol–water partition coefficient (Wildman–Crippen LogP) is 2.30. The van der Waals surface area contributed by atoms with Crippen molar-refractivity contribution >= 4 is 27.0 Å². The molecule has 0 radical (unpaired) electrons. The molecular formula is C19H29N5O3S. The zero-order valence-corrected chi connectivity index (χ0v) is 17.4. The van der Waals surface area contributed by atoms with Gasteiger partial charge in [-0.25, -0.2) is 17.4 Å². The maximum Gasteiger partial charge on any atom is 0.242 e. The number of benzene rings is 1. The topological polar surface area (TPSA) is 97.2 Å². The van der Waals surface area contributed by atoms with Gasteiger partial charge >= 0.3 is 0 Å². The number of aromatic nitrogens is 3. The molecule has 0 atom stereocenters. The van der Waals surface area contributed by atoms with Crippen LogP contribution >= 0.6 is 0 Å². The first-order valence-corrected chi connectivity index (χ1v) is 11.4. The van der Waals surface area contributed by atoms with Gasteiger partial charge in [-0.15, -0.1) is 5.10 Å². The maximum absolute atomic E-state index is 12.3. The number of carbonyl (C=O) groups is 1. The Balaban J connectivity index is 1.62. The van der Waals surface area contributed by atoms with Crippen LogP contribution in [0, 0.1) is 0 Å². The summed E-state index contributed by atoms with van der Waals surface area (Å²) in [6, 6.07) is 5.03. The highest BCUT2D eigenvalue weighted by Crippen LogP contribution is 2.20. The maximum atomic E-state index is 12.3. The average Bonchev–Trinajstić information content (AvgIpc) is 3.04. The van der Waals surface area contributed by atoms with Gasteiger partial charge in [0.15, 0.2) is 0 Å². The van der Waals surface area contributed by atoms with Crippen molar-refractivity contribution in [3.63, 3.8) is 0 Å². The molecule has 8 nitrogen and oxygen atoms in total. The number of fused-ring (bicyclic) bond motifs is 1.